The fourth-order valence-electron chi connectivity index (χ4n) is 3.23. The van der Waals surface area contributed by atoms with Crippen molar-refractivity contribution < 1.29 is 23.7 Å². The summed E-state index contributed by atoms with van der Waals surface area (Å²) in [6.45, 7) is 4.37. The molecule has 0 aliphatic heterocycles. The summed E-state index contributed by atoms with van der Waals surface area (Å²) in [7, 11) is 4.90. The summed E-state index contributed by atoms with van der Waals surface area (Å²) in [5, 5.41) is 5.72. The molecule has 2 aromatic heterocycles. The number of methoxy groups -OCH3 is 3. The van der Waals surface area contributed by atoms with Crippen LogP contribution >= 0.6 is 11.3 Å². The highest BCUT2D eigenvalue weighted by atomic mass is 32.1. The maximum absolute atomic E-state index is 12.7. The molecule has 32 heavy (non-hydrogen) atoms. The zero-order valence-corrected chi connectivity index (χ0v) is 19.7. The topological polar surface area (TPSA) is 83.8 Å². The van der Waals surface area contributed by atoms with Crippen LogP contribution in [0.2, 0.25) is 0 Å². The molecule has 9 heteroatoms. The Balaban J connectivity index is 1.77. The second-order valence-corrected chi connectivity index (χ2v) is 7.96. The van der Waals surface area contributed by atoms with E-state index in [0.717, 1.165) is 33.6 Å². The lowest BCUT2D eigenvalue weighted by molar-refractivity contribution is 0.0936. The van der Waals surface area contributed by atoms with Crippen LogP contribution in [0.25, 0.3) is 11.4 Å². The van der Waals surface area contributed by atoms with Gasteiger partial charge in [0.25, 0.3) is 5.91 Å². The molecule has 1 N–H and O–H groups in total. The van der Waals surface area contributed by atoms with Gasteiger partial charge < -0.3 is 28.8 Å². The number of ether oxygens (including phenoxy) is 4. The summed E-state index contributed by atoms with van der Waals surface area (Å²) in [6.07, 6.45) is 0. The van der Waals surface area contributed by atoms with Gasteiger partial charge in [-0.25, -0.2) is 4.98 Å². The molecule has 0 saturated heterocycles. The quantitative estimate of drug-likeness (QED) is 0.417. The molecule has 3 aromatic rings. The molecule has 2 heterocycles. The van der Waals surface area contributed by atoms with Gasteiger partial charge in [0.1, 0.15) is 23.1 Å². The average molecular weight is 460 g/mol. The lowest BCUT2D eigenvalue weighted by atomic mass is 10.2. The van der Waals surface area contributed by atoms with Crippen LogP contribution in [0.1, 0.15) is 21.1 Å². The van der Waals surface area contributed by atoms with E-state index in [1.807, 2.05) is 42.6 Å². The third-order valence-corrected chi connectivity index (χ3v) is 5.78. The number of hydrogen-bond donors (Lipinski definition) is 1. The molecule has 0 atom stereocenters. The maximum atomic E-state index is 12.7. The summed E-state index contributed by atoms with van der Waals surface area (Å²) in [5.74, 6) is 1.40. The molecular formula is C23H29N3O5S. The smallest absolute Gasteiger partial charge is 0.253 e. The predicted octanol–water partition coefficient (Wildman–Crippen LogP) is 3.53. The van der Waals surface area contributed by atoms with Crippen molar-refractivity contribution in [2.45, 2.75) is 20.1 Å². The molecule has 1 aromatic carbocycles. The summed E-state index contributed by atoms with van der Waals surface area (Å²) < 4.78 is 23.4. The second-order valence-electron chi connectivity index (χ2n) is 7.01. The number of nitrogens with one attached hydrogen (secondary N) is 1. The van der Waals surface area contributed by atoms with Crippen LogP contribution in [0.5, 0.6) is 11.5 Å². The molecule has 0 bridgehead atoms. The molecule has 0 spiro atoms. The van der Waals surface area contributed by atoms with Crippen molar-refractivity contribution in [1.82, 2.24) is 14.9 Å². The van der Waals surface area contributed by atoms with E-state index in [0.29, 0.717) is 38.5 Å². The van der Waals surface area contributed by atoms with Gasteiger partial charge in [-0.15, -0.1) is 11.3 Å². The highest BCUT2D eigenvalue weighted by Gasteiger charge is 2.20. The van der Waals surface area contributed by atoms with Crippen molar-refractivity contribution in [3.05, 3.63) is 52.0 Å². The Morgan fingerprint density at radius 1 is 1.09 bits per heavy atom. The number of carbonyl (C=O) groups is 1. The van der Waals surface area contributed by atoms with Crippen LogP contribution in [-0.2, 0) is 22.6 Å². The van der Waals surface area contributed by atoms with E-state index in [-0.39, 0.29) is 5.91 Å². The Bertz CT molecular complexity index is 1010. The number of rotatable bonds is 12. The number of amides is 1. The first-order chi connectivity index (χ1) is 15.6. The van der Waals surface area contributed by atoms with Gasteiger partial charge in [-0.2, -0.15) is 0 Å². The number of benzene rings is 1. The highest BCUT2D eigenvalue weighted by Crippen LogP contribution is 2.28. The van der Waals surface area contributed by atoms with Crippen LogP contribution in [0.15, 0.2) is 35.7 Å². The molecule has 8 nitrogen and oxygen atoms in total. The van der Waals surface area contributed by atoms with Gasteiger partial charge in [0, 0.05) is 38.4 Å². The van der Waals surface area contributed by atoms with Crippen LogP contribution in [-0.4, -0.2) is 56.5 Å². The van der Waals surface area contributed by atoms with Crippen molar-refractivity contribution in [2.24, 2.45) is 0 Å². The van der Waals surface area contributed by atoms with E-state index in [2.05, 4.69) is 9.88 Å². The molecule has 0 fully saturated rings. The number of aromatic nitrogens is 2. The van der Waals surface area contributed by atoms with Gasteiger partial charge >= 0.3 is 0 Å². The third kappa shape index (κ3) is 5.87. The minimum atomic E-state index is -0.129. The summed E-state index contributed by atoms with van der Waals surface area (Å²) >= 11 is 1.52. The number of hydrogen-bond acceptors (Lipinski definition) is 7. The van der Waals surface area contributed by atoms with Gasteiger partial charge in [0.2, 0.25) is 0 Å². The molecule has 0 aliphatic rings. The molecule has 0 saturated carbocycles. The number of thiazole rings is 1. The lowest BCUT2D eigenvalue weighted by Gasteiger charge is -2.10. The Hall–Kier alpha value is -2.88. The molecule has 0 radical (unpaired) electrons. The fraction of sp³-hybridized carbons (Fsp3) is 0.391. The van der Waals surface area contributed by atoms with Crippen LogP contribution in [0.3, 0.4) is 0 Å². The average Bonchev–Trinajstić information content (AvgIpc) is 3.41. The first kappa shape index (κ1) is 23.8. The highest BCUT2D eigenvalue weighted by molar-refractivity contribution is 7.09. The molecule has 1 amide bonds. The molecular weight excluding hydrogens is 430 g/mol. The maximum Gasteiger partial charge on any atom is 0.253 e. The van der Waals surface area contributed by atoms with E-state index < -0.39 is 0 Å². The first-order valence-corrected chi connectivity index (χ1v) is 11.1. The molecule has 0 aliphatic carbocycles. The van der Waals surface area contributed by atoms with Gasteiger partial charge in [0.05, 0.1) is 37.3 Å². The van der Waals surface area contributed by atoms with E-state index in [1.54, 1.807) is 21.3 Å². The van der Waals surface area contributed by atoms with Crippen molar-refractivity contribution in [1.29, 1.82) is 0 Å². The van der Waals surface area contributed by atoms with Crippen molar-refractivity contribution in [3.63, 3.8) is 0 Å². The van der Waals surface area contributed by atoms with E-state index >= 15 is 0 Å². The first-order valence-electron chi connectivity index (χ1n) is 10.2. The van der Waals surface area contributed by atoms with Crippen LogP contribution < -0.4 is 14.8 Å². The van der Waals surface area contributed by atoms with Gasteiger partial charge in [-0.05, 0) is 37.3 Å². The number of nitrogens with zero attached hydrogens (tertiary/aromatic N) is 2. The Kier molecular flexibility index (Phi) is 8.66. The summed E-state index contributed by atoms with van der Waals surface area (Å²) in [6, 6.07) is 9.32. The van der Waals surface area contributed by atoms with Gasteiger partial charge in [-0.1, -0.05) is 0 Å². The van der Waals surface area contributed by atoms with Crippen LogP contribution in [0, 0.1) is 6.92 Å². The van der Waals surface area contributed by atoms with Crippen molar-refractivity contribution >= 4 is 17.2 Å². The van der Waals surface area contributed by atoms with E-state index in [4.69, 9.17) is 23.9 Å². The number of carbonyl (C=O) groups excluding carboxylic acids is 1. The largest absolute Gasteiger partial charge is 0.497 e. The van der Waals surface area contributed by atoms with Crippen molar-refractivity contribution in [3.8, 4) is 22.9 Å². The molecule has 0 unspecified atom stereocenters. The minimum absolute atomic E-state index is 0.129. The van der Waals surface area contributed by atoms with E-state index in [9.17, 15) is 4.79 Å². The second kappa shape index (κ2) is 11.7. The standard InChI is InChI=1S/C23H29N3O5S/c1-16-19(23(27)24-9-11-28-2)13-21(26(16)10-12-29-3)20-15-32-22(25-20)14-31-18-7-5-17(30-4)6-8-18/h5-8,13,15H,9-12,14H2,1-4H3,(H,24,27). The monoisotopic (exact) mass is 459 g/mol. The summed E-state index contributed by atoms with van der Waals surface area (Å²) in [5.41, 5.74) is 3.18. The third-order valence-electron chi connectivity index (χ3n) is 4.96. The Morgan fingerprint density at radius 2 is 1.81 bits per heavy atom. The van der Waals surface area contributed by atoms with E-state index in [1.165, 1.54) is 11.3 Å². The normalized spacial score (nSPS) is 10.9. The molecule has 3 rings (SSSR count). The van der Waals surface area contributed by atoms with Gasteiger partial charge in [-0.3, -0.25) is 4.79 Å². The lowest BCUT2D eigenvalue weighted by Crippen LogP contribution is -2.27. The van der Waals surface area contributed by atoms with Crippen LogP contribution in [0.4, 0.5) is 0 Å². The Labute approximate surface area is 192 Å². The SMILES string of the molecule is COCCNC(=O)c1cc(-c2csc(COc3ccc(OC)cc3)n2)n(CCOC)c1C. The molecule has 172 valence electrons. The zero-order chi connectivity index (χ0) is 22.9. The zero-order valence-electron chi connectivity index (χ0n) is 18.8. The predicted molar refractivity (Wildman–Crippen MR) is 124 cm³/mol. The van der Waals surface area contributed by atoms with Crippen molar-refractivity contribution in [2.75, 3.05) is 41.1 Å². The van der Waals surface area contributed by atoms with Gasteiger partial charge in [0.15, 0.2) is 0 Å². The summed E-state index contributed by atoms with van der Waals surface area (Å²) in [4.78, 5) is 17.4. The fourth-order valence-corrected chi connectivity index (χ4v) is 3.93. The Morgan fingerprint density at radius 3 is 2.50 bits per heavy atom. The minimum Gasteiger partial charge on any atom is -0.497 e.